The maximum absolute atomic E-state index is 12.5. The molecule has 2 rings (SSSR count). The van der Waals surface area contributed by atoms with E-state index in [0.717, 1.165) is 12.0 Å². The van der Waals surface area contributed by atoms with E-state index >= 15 is 0 Å². The van der Waals surface area contributed by atoms with Gasteiger partial charge in [-0.1, -0.05) is 38.5 Å². The molecular weight excluding hydrogens is 268 g/mol. The third kappa shape index (κ3) is 3.01. The molecule has 0 aromatic heterocycles. The van der Waals surface area contributed by atoms with Gasteiger partial charge in [-0.25, -0.2) is 9.59 Å². The van der Waals surface area contributed by atoms with Gasteiger partial charge in [0.25, 0.3) is 0 Å². The van der Waals surface area contributed by atoms with E-state index in [-0.39, 0.29) is 12.1 Å². The Labute approximate surface area is 125 Å². The van der Waals surface area contributed by atoms with Crippen LogP contribution >= 0.6 is 0 Å². The summed E-state index contributed by atoms with van der Waals surface area (Å²) >= 11 is 0. The molecule has 1 aromatic carbocycles. The molecule has 0 saturated heterocycles. The van der Waals surface area contributed by atoms with Crippen molar-refractivity contribution in [2.24, 2.45) is 5.92 Å². The Bertz CT molecular complexity index is 544. The van der Waals surface area contributed by atoms with Gasteiger partial charge in [0, 0.05) is 18.2 Å². The summed E-state index contributed by atoms with van der Waals surface area (Å²) in [6, 6.07) is 6.20. The molecule has 0 radical (unpaired) electrons. The van der Waals surface area contributed by atoms with E-state index in [0.29, 0.717) is 18.0 Å². The van der Waals surface area contributed by atoms with Crippen molar-refractivity contribution in [3.8, 4) is 0 Å². The number of benzene rings is 1. The summed E-state index contributed by atoms with van der Waals surface area (Å²) in [5.41, 5.74) is 1.59. The SMILES string of the molecule is CCC(C)C(C)NC(=O)N1c2ccccc2CC1C(=O)O. The topological polar surface area (TPSA) is 69.6 Å². The lowest BCUT2D eigenvalue weighted by Crippen LogP contribution is -2.51. The maximum Gasteiger partial charge on any atom is 0.327 e. The first kappa shape index (κ1) is 15.4. The number of aliphatic carboxylic acids is 1. The molecule has 5 nitrogen and oxygen atoms in total. The molecule has 0 saturated carbocycles. The number of fused-ring (bicyclic) bond motifs is 1. The molecule has 5 heteroatoms. The van der Waals surface area contributed by atoms with E-state index in [9.17, 15) is 14.7 Å². The van der Waals surface area contributed by atoms with E-state index in [1.807, 2.05) is 25.1 Å². The summed E-state index contributed by atoms with van der Waals surface area (Å²) < 4.78 is 0. The zero-order valence-corrected chi connectivity index (χ0v) is 12.7. The van der Waals surface area contributed by atoms with Crippen LogP contribution in [0.15, 0.2) is 24.3 Å². The standard InChI is InChI=1S/C16H22N2O3/c1-4-10(2)11(3)17-16(21)18-13-8-6-5-7-12(13)9-14(18)15(19)20/h5-8,10-11,14H,4,9H2,1-3H3,(H,17,21)(H,19,20). The van der Waals surface area contributed by atoms with Crippen molar-refractivity contribution < 1.29 is 14.7 Å². The van der Waals surface area contributed by atoms with Crippen LogP contribution in [0.25, 0.3) is 0 Å². The van der Waals surface area contributed by atoms with Crippen LogP contribution in [0.2, 0.25) is 0 Å². The minimum Gasteiger partial charge on any atom is -0.480 e. The molecule has 114 valence electrons. The zero-order valence-electron chi connectivity index (χ0n) is 12.7. The molecule has 0 spiro atoms. The lowest BCUT2D eigenvalue weighted by molar-refractivity contribution is -0.138. The second kappa shape index (κ2) is 6.16. The minimum atomic E-state index is -0.974. The lowest BCUT2D eigenvalue weighted by Gasteiger charge is -2.27. The number of nitrogens with one attached hydrogen (secondary N) is 1. The highest BCUT2D eigenvalue weighted by molar-refractivity contribution is 6.01. The van der Waals surface area contributed by atoms with E-state index < -0.39 is 12.0 Å². The number of nitrogens with zero attached hydrogens (tertiary/aromatic N) is 1. The summed E-state index contributed by atoms with van der Waals surface area (Å²) in [5.74, 6) is -0.632. The number of carbonyl (C=O) groups is 2. The largest absolute Gasteiger partial charge is 0.480 e. The van der Waals surface area contributed by atoms with E-state index in [2.05, 4.69) is 19.2 Å². The highest BCUT2D eigenvalue weighted by Crippen LogP contribution is 2.32. The molecule has 0 aliphatic carbocycles. The first-order chi connectivity index (χ1) is 9.95. The zero-order chi connectivity index (χ0) is 15.6. The molecule has 2 N–H and O–H groups in total. The van der Waals surface area contributed by atoms with Gasteiger partial charge < -0.3 is 10.4 Å². The summed E-state index contributed by atoms with van der Waals surface area (Å²) in [5, 5.41) is 12.3. The number of urea groups is 1. The number of carbonyl (C=O) groups excluding carboxylic acids is 1. The average molecular weight is 290 g/mol. The number of carboxylic acid groups (broad SMARTS) is 1. The van der Waals surface area contributed by atoms with E-state index in [1.165, 1.54) is 4.90 Å². The highest BCUT2D eigenvalue weighted by Gasteiger charge is 2.38. The first-order valence-corrected chi connectivity index (χ1v) is 7.36. The van der Waals surface area contributed by atoms with Crippen LogP contribution in [0.3, 0.4) is 0 Å². The number of amides is 2. The fraction of sp³-hybridized carbons (Fsp3) is 0.500. The van der Waals surface area contributed by atoms with Crippen LogP contribution in [0, 0.1) is 5.92 Å². The van der Waals surface area contributed by atoms with Crippen molar-refractivity contribution in [2.75, 3.05) is 4.90 Å². The number of hydrogen-bond acceptors (Lipinski definition) is 2. The summed E-state index contributed by atoms with van der Waals surface area (Å²) in [7, 11) is 0. The van der Waals surface area contributed by atoms with Gasteiger partial charge in [0.15, 0.2) is 0 Å². The molecule has 1 aliphatic heterocycles. The number of rotatable bonds is 4. The van der Waals surface area contributed by atoms with Crippen LogP contribution in [0.5, 0.6) is 0 Å². The van der Waals surface area contributed by atoms with Crippen LogP contribution in [-0.2, 0) is 11.2 Å². The van der Waals surface area contributed by atoms with Crippen LogP contribution < -0.4 is 10.2 Å². The van der Waals surface area contributed by atoms with E-state index in [4.69, 9.17) is 0 Å². The Kier molecular flexibility index (Phi) is 4.50. The summed E-state index contributed by atoms with van der Waals surface area (Å²) in [6.07, 6.45) is 1.32. The van der Waals surface area contributed by atoms with Gasteiger partial charge in [0.1, 0.15) is 6.04 Å². The Balaban J connectivity index is 2.22. The third-order valence-corrected chi connectivity index (χ3v) is 4.33. The van der Waals surface area contributed by atoms with E-state index in [1.54, 1.807) is 6.07 Å². The smallest absolute Gasteiger partial charge is 0.327 e. The molecule has 0 bridgehead atoms. The predicted octanol–water partition coefficient (Wildman–Crippen LogP) is 2.65. The van der Waals surface area contributed by atoms with Crippen LogP contribution in [0.4, 0.5) is 10.5 Å². The van der Waals surface area contributed by atoms with Gasteiger partial charge in [-0.2, -0.15) is 0 Å². The molecule has 21 heavy (non-hydrogen) atoms. The van der Waals surface area contributed by atoms with Crippen molar-refractivity contribution in [3.05, 3.63) is 29.8 Å². The molecule has 0 fully saturated rings. The van der Waals surface area contributed by atoms with Crippen LogP contribution in [0.1, 0.15) is 32.8 Å². The molecule has 1 aliphatic rings. The summed E-state index contributed by atoms with van der Waals surface area (Å²) in [6.45, 7) is 6.08. The van der Waals surface area contributed by atoms with Crippen molar-refractivity contribution in [2.45, 2.75) is 45.7 Å². The van der Waals surface area contributed by atoms with Crippen molar-refractivity contribution in [1.82, 2.24) is 5.32 Å². The number of hydrogen-bond donors (Lipinski definition) is 2. The van der Waals surface area contributed by atoms with Gasteiger partial charge in [-0.3, -0.25) is 4.90 Å². The molecule has 1 heterocycles. The molecule has 2 amide bonds. The Hall–Kier alpha value is -2.04. The minimum absolute atomic E-state index is 0.00436. The summed E-state index contributed by atoms with van der Waals surface area (Å²) in [4.78, 5) is 25.3. The molecule has 3 unspecified atom stereocenters. The Morgan fingerprint density at radius 3 is 2.67 bits per heavy atom. The van der Waals surface area contributed by atoms with Gasteiger partial charge in [-0.05, 0) is 24.5 Å². The maximum atomic E-state index is 12.5. The average Bonchev–Trinajstić information content (AvgIpc) is 2.85. The van der Waals surface area contributed by atoms with Gasteiger partial charge in [0.2, 0.25) is 0 Å². The molecular formula is C16H22N2O3. The second-order valence-corrected chi connectivity index (χ2v) is 5.68. The van der Waals surface area contributed by atoms with Crippen molar-refractivity contribution in [3.63, 3.8) is 0 Å². The fourth-order valence-electron chi connectivity index (χ4n) is 2.59. The predicted molar refractivity (Wildman–Crippen MR) is 81.5 cm³/mol. The lowest BCUT2D eigenvalue weighted by atomic mass is 10.0. The normalized spacial score (nSPS) is 19.8. The van der Waals surface area contributed by atoms with Gasteiger partial charge in [-0.15, -0.1) is 0 Å². The second-order valence-electron chi connectivity index (χ2n) is 5.68. The Morgan fingerprint density at radius 1 is 1.38 bits per heavy atom. The first-order valence-electron chi connectivity index (χ1n) is 7.36. The number of para-hydroxylation sites is 1. The monoisotopic (exact) mass is 290 g/mol. The molecule has 3 atom stereocenters. The van der Waals surface area contributed by atoms with Crippen molar-refractivity contribution >= 4 is 17.7 Å². The molecule has 1 aromatic rings. The van der Waals surface area contributed by atoms with Gasteiger partial charge >= 0.3 is 12.0 Å². The quantitative estimate of drug-likeness (QED) is 0.895. The number of carboxylic acids is 1. The highest BCUT2D eigenvalue weighted by atomic mass is 16.4. The third-order valence-electron chi connectivity index (χ3n) is 4.33. The number of anilines is 1. The fourth-order valence-corrected chi connectivity index (χ4v) is 2.59. The van der Waals surface area contributed by atoms with Crippen molar-refractivity contribution in [1.29, 1.82) is 0 Å². The van der Waals surface area contributed by atoms with Crippen LogP contribution in [-0.4, -0.2) is 29.2 Å². The Morgan fingerprint density at radius 2 is 2.05 bits per heavy atom. The van der Waals surface area contributed by atoms with Gasteiger partial charge in [0.05, 0.1) is 0 Å².